The summed E-state index contributed by atoms with van der Waals surface area (Å²) in [6.45, 7) is 13.6. The van der Waals surface area contributed by atoms with Gasteiger partial charge in [-0.15, -0.1) is 0 Å². The number of aliphatic hydroxyl groups excluding tert-OH is 1. The Morgan fingerprint density at radius 2 is 1.40 bits per heavy atom. The van der Waals surface area contributed by atoms with E-state index in [1.54, 1.807) is 24.3 Å². The van der Waals surface area contributed by atoms with Crippen molar-refractivity contribution in [3.8, 4) is 11.5 Å². The molecule has 0 atom stereocenters. The maximum atomic E-state index is 9.77. The van der Waals surface area contributed by atoms with Gasteiger partial charge in [-0.25, -0.2) is 0 Å². The summed E-state index contributed by atoms with van der Waals surface area (Å²) in [5.41, 5.74) is 0.410. The predicted molar refractivity (Wildman–Crippen MR) is 75.7 cm³/mol. The van der Waals surface area contributed by atoms with Crippen molar-refractivity contribution in [2.45, 2.75) is 0 Å². The Bertz CT molecular complexity index is 689. The number of para-hydroxylation sites is 1. The van der Waals surface area contributed by atoms with Gasteiger partial charge in [-0.3, -0.25) is 0 Å². The van der Waals surface area contributed by atoms with Crippen LogP contribution < -0.4 is 4.74 Å². The summed E-state index contributed by atoms with van der Waals surface area (Å²) in [4.78, 5) is 5.93. The van der Waals surface area contributed by atoms with Crippen molar-refractivity contribution >= 4 is 5.76 Å². The number of nitrogens with zero attached hydrogens (tertiary/aromatic N) is 2. The first-order chi connectivity index (χ1) is 9.74. The van der Waals surface area contributed by atoms with E-state index in [-0.39, 0.29) is 11.6 Å². The topological polar surface area (TPSA) is 38.2 Å². The van der Waals surface area contributed by atoms with Crippen molar-refractivity contribution in [2.24, 2.45) is 0 Å². The molecule has 4 heteroatoms. The van der Waals surface area contributed by atoms with Crippen LogP contribution in [0.3, 0.4) is 0 Å². The average molecular weight is 262 g/mol. The van der Waals surface area contributed by atoms with Crippen LogP contribution in [0.4, 0.5) is 0 Å². The number of hydrogen-bond acceptors (Lipinski definition) is 2. The van der Waals surface area contributed by atoms with Crippen molar-refractivity contribution in [1.29, 1.82) is 0 Å². The normalized spacial score (nSPS) is 9.10. The molecule has 4 nitrogen and oxygen atoms in total. The van der Waals surface area contributed by atoms with E-state index in [0.717, 1.165) is 0 Å². The number of aliphatic hydroxyl groups is 1. The second kappa shape index (κ2) is 6.08. The van der Waals surface area contributed by atoms with Crippen molar-refractivity contribution in [3.05, 3.63) is 88.8 Å². The quantitative estimate of drug-likeness (QED) is 0.653. The van der Waals surface area contributed by atoms with Crippen LogP contribution in [0, 0.1) is 13.1 Å². The fraction of sp³-hybridized carbons (Fsp3) is 0. The third kappa shape index (κ3) is 2.95. The maximum Gasteiger partial charge on any atom is 0.562 e. The lowest BCUT2D eigenvalue weighted by molar-refractivity contribution is 0.482. The molecular formula is C16H10N2O2. The molecule has 20 heavy (non-hydrogen) atoms. The van der Waals surface area contributed by atoms with Gasteiger partial charge < -0.3 is 9.84 Å². The molecule has 0 radical (unpaired) electrons. The minimum Gasteiger partial charge on any atom is -0.512 e. The standard InChI is InChI=1S/C16H10N2O2/c1-17-16(18-2)15(19)12-8-10-14(11-9-12)20-13-6-4-3-5-7-13/h3-11,19H. The minimum atomic E-state index is -0.346. The van der Waals surface area contributed by atoms with Crippen molar-refractivity contribution in [1.82, 2.24) is 0 Å². The van der Waals surface area contributed by atoms with Gasteiger partial charge in [0.15, 0.2) is 0 Å². The van der Waals surface area contributed by atoms with Crippen molar-refractivity contribution in [2.75, 3.05) is 0 Å². The first kappa shape index (κ1) is 13.2. The Hall–Kier alpha value is -3.24. The van der Waals surface area contributed by atoms with Crippen LogP contribution in [0.15, 0.2) is 60.4 Å². The lowest BCUT2D eigenvalue weighted by Crippen LogP contribution is -1.87. The monoisotopic (exact) mass is 262 g/mol. The third-order valence-electron chi connectivity index (χ3n) is 2.53. The third-order valence-corrected chi connectivity index (χ3v) is 2.53. The molecule has 0 heterocycles. The van der Waals surface area contributed by atoms with E-state index in [2.05, 4.69) is 9.69 Å². The van der Waals surface area contributed by atoms with Gasteiger partial charge >= 0.3 is 5.82 Å². The number of hydrogen-bond donors (Lipinski definition) is 1. The van der Waals surface area contributed by atoms with Gasteiger partial charge in [-0.05, 0) is 36.4 Å². The van der Waals surface area contributed by atoms with Crippen LogP contribution in [0.5, 0.6) is 11.5 Å². The van der Waals surface area contributed by atoms with Gasteiger partial charge in [0, 0.05) is 5.56 Å². The molecule has 2 rings (SSSR count). The molecule has 0 amide bonds. The molecule has 0 saturated heterocycles. The molecule has 0 bridgehead atoms. The van der Waals surface area contributed by atoms with Gasteiger partial charge in [0.25, 0.3) is 0 Å². The number of rotatable bonds is 3. The second-order valence-electron chi connectivity index (χ2n) is 3.84. The van der Waals surface area contributed by atoms with Crippen LogP contribution in [0.25, 0.3) is 15.4 Å². The highest BCUT2D eigenvalue weighted by atomic mass is 16.5. The lowest BCUT2D eigenvalue weighted by atomic mass is 10.2. The molecule has 1 N–H and O–H groups in total. The molecule has 0 aliphatic heterocycles. The zero-order valence-electron chi connectivity index (χ0n) is 10.4. The predicted octanol–water partition coefficient (Wildman–Crippen LogP) is 4.50. The second-order valence-corrected chi connectivity index (χ2v) is 3.84. The first-order valence-corrected chi connectivity index (χ1v) is 5.76. The average Bonchev–Trinajstić information content (AvgIpc) is 2.50. The van der Waals surface area contributed by atoms with Crippen molar-refractivity contribution < 1.29 is 9.84 Å². The summed E-state index contributed by atoms with van der Waals surface area (Å²) < 4.78 is 5.61. The highest BCUT2D eigenvalue weighted by Crippen LogP contribution is 2.24. The summed E-state index contributed by atoms with van der Waals surface area (Å²) >= 11 is 0. The van der Waals surface area contributed by atoms with E-state index >= 15 is 0 Å². The first-order valence-electron chi connectivity index (χ1n) is 5.76. The van der Waals surface area contributed by atoms with Gasteiger partial charge in [0.2, 0.25) is 5.76 Å². The van der Waals surface area contributed by atoms with Crippen LogP contribution in [0.2, 0.25) is 0 Å². The SMILES string of the molecule is [C-]#[N+]C([N+]#[C-])=C(O)c1ccc(Oc2ccccc2)cc1. The van der Waals surface area contributed by atoms with E-state index in [1.165, 1.54) is 0 Å². The summed E-state index contributed by atoms with van der Waals surface area (Å²) in [5.74, 6) is 0.658. The van der Waals surface area contributed by atoms with Gasteiger partial charge in [-0.1, -0.05) is 18.2 Å². The molecule has 0 spiro atoms. The zero-order valence-corrected chi connectivity index (χ0v) is 10.4. The van der Waals surface area contributed by atoms with E-state index in [4.69, 9.17) is 17.9 Å². The maximum absolute atomic E-state index is 9.77. The molecule has 2 aromatic rings. The van der Waals surface area contributed by atoms with E-state index in [0.29, 0.717) is 17.1 Å². The Kier molecular flexibility index (Phi) is 4.01. The van der Waals surface area contributed by atoms with Crippen LogP contribution in [-0.2, 0) is 0 Å². The fourth-order valence-corrected chi connectivity index (χ4v) is 1.57. The molecule has 0 aromatic heterocycles. The number of benzene rings is 2. The smallest absolute Gasteiger partial charge is 0.512 e. The summed E-state index contributed by atoms with van der Waals surface area (Å²) in [6.07, 6.45) is 0. The van der Waals surface area contributed by atoms with Gasteiger partial charge in [0.1, 0.15) is 24.6 Å². The summed E-state index contributed by atoms with van der Waals surface area (Å²) in [6, 6.07) is 15.9. The van der Waals surface area contributed by atoms with Crippen molar-refractivity contribution in [3.63, 3.8) is 0 Å². The molecule has 2 aromatic carbocycles. The Labute approximate surface area is 116 Å². The molecule has 0 fully saturated rings. The Morgan fingerprint density at radius 3 is 1.95 bits per heavy atom. The number of ether oxygens (including phenoxy) is 1. The van der Waals surface area contributed by atoms with Gasteiger partial charge in [-0.2, -0.15) is 9.69 Å². The van der Waals surface area contributed by atoms with Crippen LogP contribution in [0.1, 0.15) is 5.56 Å². The van der Waals surface area contributed by atoms with E-state index in [1.807, 2.05) is 30.3 Å². The van der Waals surface area contributed by atoms with E-state index in [9.17, 15) is 5.11 Å². The van der Waals surface area contributed by atoms with E-state index < -0.39 is 0 Å². The molecule has 96 valence electrons. The molecule has 0 aliphatic rings. The molecule has 0 aliphatic carbocycles. The fourth-order valence-electron chi connectivity index (χ4n) is 1.57. The largest absolute Gasteiger partial charge is 0.562 e. The highest BCUT2D eigenvalue weighted by molar-refractivity contribution is 5.65. The van der Waals surface area contributed by atoms with Crippen LogP contribution >= 0.6 is 0 Å². The molecule has 0 saturated carbocycles. The van der Waals surface area contributed by atoms with Gasteiger partial charge in [0.05, 0.1) is 0 Å². The Balaban J connectivity index is 2.22. The Morgan fingerprint density at radius 1 is 0.850 bits per heavy atom. The lowest BCUT2D eigenvalue weighted by Gasteiger charge is -2.05. The minimum absolute atomic E-state index is 0.318. The molecule has 0 unspecified atom stereocenters. The highest BCUT2D eigenvalue weighted by Gasteiger charge is 2.15. The summed E-state index contributed by atoms with van der Waals surface area (Å²) in [7, 11) is 0. The zero-order chi connectivity index (χ0) is 14.4. The molecular weight excluding hydrogens is 252 g/mol. The summed E-state index contributed by atoms with van der Waals surface area (Å²) in [5, 5.41) is 9.77. The van der Waals surface area contributed by atoms with Crippen LogP contribution in [-0.4, -0.2) is 5.11 Å².